The number of hydrogen-bond acceptors (Lipinski definition) is 2. The van der Waals surface area contributed by atoms with Crippen LogP contribution in [0.2, 0.25) is 5.02 Å². The summed E-state index contributed by atoms with van der Waals surface area (Å²) in [7, 11) is 0. The Bertz CT molecular complexity index is 613. The quantitative estimate of drug-likeness (QED) is 0.716. The Morgan fingerprint density at radius 1 is 1.18 bits per heavy atom. The molecule has 1 aliphatic heterocycles. The third-order valence-corrected chi connectivity index (χ3v) is 3.46. The van der Waals surface area contributed by atoms with E-state index in [0.717, 1.165) is 17.0 Å². The van der Waals surface area contributed by atoms with E-state index in [1.165, 1.54) is 0 Å². The molecule has 2 aromatic rings. The molecule has 17 heavy (non-hydrogen) atoms. The molecule has 0 saturated heterocycles. The summed E-state index contributed by atoms with van der Waals surface area (Å²) in [4.78, 5) is 4.66. The van der Waals surface area contributed by atoms with Gasteiger partial charge in [-0.05, 0) is 39.8 Å². The Hall–Kier alpha value is -1.06. The highest BCUT2D eigenvalue weighted by Gasteiger charge is 2.47. The fraction of sp³-hybridized carbons (Fsp3) is 0.462. The molecule has 3 nitrogen and oxygen atoms in total. The van der Waals surface area contributed by atoms with Crippen LogP contribution in [0, 0.1) is 0 Å². The standard InChI is InChI=1S/C13H15ClN2O/c1-12(2)10-11(13(3,4)17-12)16-7-8(14)5-6-9(16)15-10/h5-7H,1-4H3. The molecule has 0 atom stereocenters. The van der Waals surface area contributed by atoms with Crippen LogP contribution in [0.5, 0.6) is 0 Å². The van der Waals surface area contributed by atoms with E-state index in [9.17, 15) is 0 Å². The molecule has 3 heterocycles. The van der Waals surface area contributed by atoms with Crippen molar-refractivity contribution in [1.29, 1.82) is 0 Å². The van der Waals surface area contributed by atoms with E-state index in [-0.39, 0.29) is 11.2 Å². The Morgan fingerprint density at radius 3 is 2.59 bits per heavy atom. The van der Waals surface area contributed by atoms with Crippen LogP contribution in [0.4, 0.5) is 0 Å². The van der Waals surface area contributed by atoms with Gasteiger partial charge in [0.05, 0.1) is 16.4 Å². The van der Waals surface area contributed by atoms with Crippen molar-refractivity contribution in [2.24, 2.45) is 0 Å². The van der Waals surface area contributed by atoms with Crippen LogP contribution in [0.3, 0.4) is 0 Å². The first-order valence-electron chi connectivity index (χ1n) is 5.70. The van der Waals surface area contributed by atoms with Gasteiger partial charge in [0.2, 0.25) is 0 Å². The van der Waals surface area contributed by atoms with Crippen molar-refractivity contribution in [1.82, 2.24) is 9.38 Å². The summed E-state index contributed by atoms with van der Waals surface area (Å²) in [5.41, 5.74) is 2.33. The van der Waals surface area contributed by atoms with E-state index in [0.29, 0.717) is 5.02 Å². The number of rotatable bonds is 0. The molecule has 1 aliphatic rings. The molecule has 0 unspecified atom stereocenters. The normalized spacial score (nSPS) is 20.8. The van der Waals surface area contributed by atoms with E-state index in [4.69, 9.17) is 16.3 Å². The van der Waals surface area contributed by atoms with Gasteiger partial charge in [-0.1, -0.05) is 11.6 Å². The van der Waals surface area contributed by atoms with Crippen molar-refractivity contribution < 1.29 is 4.74 Å². The second-order valence-electron chi connectivity index (χ2n) is 5.51. The van der Waals surface area contributed by atoms with Crippen LogP contribution in [-0.4, -0.2) is 9.38 Å². The summed E-state index contributed by atoms with van der Waals surface area (Å²) in [5.74, 6) is 0. The lowest BCUT2D eigenvalue weighted by Crippen LogP contribution is -2.24. The molecule has 3 rings (SSSR count). The van der Waals surface area contributed by atoms with Crippen molar-refractivity contribution in [2.45, 2.75) is 38.9 Å². The van der Waals surface area contributed by atoms with Crippen molar-refractivity contribution in [2.75, 3.05) is 0 Å². The summed E-state index contributed by atoms with van der Waals surface area (Å²) in [6, 6.07) is 3.80. The third-order valence-electron chi connectivity index (χ3n) is 3.23. The smallest absolute Gasteiger partial charge is 0.137 e. The summed E-state index contributed by atoms with van der Waals surface area (Å²) in [6.07, 6.45) is 1.90. The first-order chi connectivity index (χ1) is 7.81. The number of fused-ring (bicyclic) bond motifs is 3. The van der Waals surface area contributed by atoms with Gasteiger partial charge in [0.1, 0.15) is 16.8 Å². The highest BCUT2D eigenvalue weighted by atomic mass is 35.5. The minimum absolute atomic E-state index is 0.344. The van der Waals surface area contributed by atoms with Gasteiger partial charge in [0.15, 0.2) is 0 Å². The zero-order valence-corrected chi connectivity index (χ0v) is 11.2. The maximum atomic E-state index is 6.07. The van der Waals surface area contributed by atoms with Crippen molar-refractivity contribution in [3.8, 4) is 0 Å². The maximum Gasteiger partial charge on any atom is 0.137 e. The Morgan fingerprint density at radius 2 is 1.88 bits per heavy atom. The van der Waals surface area contributed by atoms with E-state index >= 15 is 0 Å². The van der Waals surface area contributed by atoms with Crippen LogP contribution in [-0.2, 0) is 15.9 Å². The highest BCUT2D eigenvalue weighted by molar-refractivity contribution is 6.30. The molecule has 0 bridgehead atoms. The second kappa shape index (κ2) is 3.03. The van der Waals surface area contributed by atoms with Crippen LogP contribution in [0.1, 0.15) is 39.1 Å². The minimum Gasteiger partial charge on any atom is -0.357 e. The number of nitrogens with zero attached hydrogens (tertiary/aromatic N) is 2. The average molecular weight is 251 g/mol. The molecule has 0 amide bonds. The van der Waals surface area contributed by atoms with E-state index in [1.54, 1.807) is 0 Å². The predicted molar refractivity (Wildman–Crippen MR) is 67.3 cm³/mol. The van der Waals surface area contributed by atoms with Gasteiger partial charge in [-0.25, -0.2) is 4.98 Å². The van der Waals surface area contributed by atoms with Gasteiger partial charge in [0, 0.05) is 6.20 Å². The number of ether oxygens (including phenoxy) is 1. The predicted octanol–water partition coefficient (Wildman–Crippen LogP) is 3.49. The Labute approximate surface area is 105 Å². The molecule has 0 radical (unpaired) electrons. The molecule has 0 aromatic carbocycles. The third kappa shape index (κ3) is 1.42. The number of imidazole rings is 1. The highest BCUT2D eigenvalue weighted by Crippen LogP contribution is 2.46. The molecule has 0 aliphatic carbocycles. The average Bonchev–Trinajstić information content (AvgIpc) is 2.62. The SMILES string of the molecule is CC1(C)OC(C)(C)c2c1nc1ccc(Cl)cn21. The fourth-order valence-corrected chi connectivity index (χ4v) is 2.91. The molecule has 90 valence electrons. The van der Waals surface area contributed by atoms with Crippen LogP contribution in [0.15, 0.2) is 18.3 Å². The number of halogens is 1. The molecule has 0 saturated carbocycles. The molecule has 2 aromatic heterocycles. The van der Waals surface area contributed by atoms with Crippen molar-refractivity contribution in [3.63, 3.8) is 0 Å². The number of hydrogen-bond donors (Lipinski definition) is 0. The van der Waals surface area contributed by atoms with Crippen molar-refractivity contribution >= 4 is 17.2 Å². The summed E-state index contributed by atoms with van der Waals surface area (Å²) >= 11 is 6.05. The molecule has 0 N–H and O–H groups in total. The number of pyridine rings is 1. The Balaban J connectivity index is 2.42. The van der Waals surface area contributed by atoms with Crippen molar-refractivity contribution in [3.05, 3.63) is 34.7 Å². The largest absolute Gasteiger partial charge is 0.357 e. The molecule has 0 spiro atoms. The van der Waals surface area contributed by atoms with Gasteiger partial charge in [-0.15, -0.1) is 0 Å². The topological polar surface area (TPSA) is 26.5 Å². The van der Waals surface area contributed by atoms with Gasteiger partial charge < -0.3 is 4.74 Å². The molecule has 0 fully saturated rings. The maximum absolute atomic E-state index is 6.07. The minimum atomic E-state index is -0.350. The fourth-order valence-electron chi connectivity index (χ4n) is 2.75. The lowest BCUT2D eigenvalue weighted by atomic mass is 10.0. The first kappa shape index (κ1) is 11.1. The van der Waals surface area contributed by atoms with Gasteiger partial charge in [-0.2, -0.15) is 0 Å². The zero-order valence-electron chi connectivity index (χ0n) is 10.4. The lowest BCUT2D eigenvalue weighted by Gasteiger charge is -2.25. The monoisotopic (exact) mass is 250 g/mol. The van der Waals surface area contributed by atoms with E-state index in [2.05, 4.69) is 32.7 Å². The molecular weight excluding hydrogens is 236 g/mol. The second-order valence-corrected chi connectivity index (χ2v) is 5.94. The molecular formula is C13H15ClN2O. The van der Waals surface area contributed by atoms with E-state index in [1.807, 2.05) is 22.7 Å². The van der Waals surface area contributed by atoms with Gasteiger partial charge >= 0.3 is 0 Å². The summed E-state index contributed by atoms with van der Waals surface area (Å²) < 4.78 is 8.10. The summed E-state index contributed by atoms with van der Waals surface area (Å²) in [5, 5.41) is 0.707. The first-order valence-corrected chi connectivity index (χ1v) is 6.08. The van der Waals surface area contributed by atoms with Crippen LogP contribution >= 0.6 is 11.6 Å². The Kier molecular flexibility index (Phi) is 1.97. The van der Waals surface area contributed by atoms with Gasteiger partial charge in [-0.3, -0.25) is 4.40 Å². The van der Waals surface area contributed by atoms with Crippen LogP contribution < -0.4 is 0 Å². The zero-order chi connectivity index (χ0) is 12.4. The van der Waals surface area contributed by atoms with Crippen LogP contribution in [0.25, 0.3) is 5.65 Å². The van der Waals surface area contributed by atoms with Gasteiger partial charge in [0.25, 0.3) is 0 Å². The summed E-state index contributed by atoms with van der Waals surface area (Å²) in [6.45, 7) is 8.23. The van der Waals surface area contributed by atoms with E-state index < -0.39 is 0 Å². The molecule has 4 heteroatoms. The number of aromatic nitrogens is 2. The lowest BCUT2D eigenvalue weighted by molar-refractivity contribution is -0.108.